The van der Waals surface area contributed by atoms with Crippen molar-refractivity contribution in [2.24, 2.45) is 0 Å². The number of hydrogen-bond donors (Lipinski definition) is 2. The van der Waals surface area contributed by atoms with Gasteiger partial charge in [-0.05, 0) is 49.6 Å². The summed E-state index contributed by atoms with van der Waals surface area (Å²) in [5.74, 6) is -0.431. The van der Waals surface area contributed by atoms with Crippen LogP contribution in [-0.2, 0) is 14.8 Å². The van der Waals surface area contributed by atoms with E-state index < -0.39 is 15.3 Å². The van der Waals surface area contributed by atoms with Crippen molar-refractivity contribution in [1.82, 2.24) is 4.72 Å². The first-order valence-corrected chi connectivity index (χ1v) is 10.6. The van der Waals surface area contributed by atoms with E-state index in [2.05, 4.69) is 4.72 Å². The van der Waals surface area contributed by atoms with E-state index in [4.69, 9.17) is 10.5 Å². The lowest BCUT2D eigenvalue weighted by Crippen LogP contribution is -2.46. The first kappa shape index (κ1) is 19.8. The molecule has 0 aliphatic carbocycles. The fourth-order valence-electron chi connectivity index (χ4n) is 3.26. The molecule has 1 fully saturated rings. The summed E-state index contributed by atoms with van der Waals surface area (Å²) in [6, 6.07) is 11.9. The first-order valence-electron chi connectivity index (χ1n) is 9.02. The fourth-order valence-corrected chi connectivity index (χ4v) is 4.24. The van der Waals surface area contributed by atoms with Crippen molar-refractivity contribution in [3.63, 3.8) is 0 Å². The van der Waals surface area contributed by atoms with Crippen LogP contribution >= 0.6 is 0 Å². The highest BCUT2D eigenvalue weighted by Gasteiger charge is 2.31. The first-order chi connectivity index (χ1) is 12.8. The lowest BCUT2D eigenvalue weighted by atomic mass is 9.88. The van der Waals surface area contributed by atoms with Crippen molar-refractivity contribution in [3.05, 3.63) is 53.8 Å². The van der Waals surface area contributed by atoms with E-state index in [1.165, 1.54) is 12.1 Å². The quantitative estimate of drug-likeness (QED) is 0.765. The largest absolute Gasteiger partial charge is 0.398 e. The van der Waals surface area contributed by atoms with E-state index in [1.54, 1.807) is 19.9 Å². The summed E-state index contributed by atoms with van der Waals surface area (Å²) in [4.78, 5) is 0. The molecule has 1 saturated heterocycles. The normalized spacial score (nSPS) is 20.7. The summed E-state index contributed by atoms with van der Waals surface area (Å²) >= 11 is 0. The summed E-state index contributed by atoms with van der Waals surface area (Å²) in [7, 11) is -3.36. The van der Waals surface area contributed by atoms with E-state index in [0.29, 0.717) is 25.3 Å². The Morgan fingerprint density at radius 3 is 2.52 bits per heavy atom. The van der Waals surface area contributed by atoms with Gasteiger partial charge in [-0.1, -0.05) is 24.3 Å². The zero-order valence-corrected chi connectivity index (χ0v) is 16.3. The van der Waals surface area contributed by atoms with E-state index in [1.807, 2.05) is 24.3 Å². The molecule has 27 heavy (non-hydrogen) atoms. The number of nitrogen functional groups attached to an aromatic ring is 1. The maximum absolute atomic E-state index is 13.3. The van der Waals surface area contributed by atoms with Crippen LogP contribution in [0.25, 0.3) is 11.1 Å². The summed E-state index contributed by atoms with van der Waals surface area (Å²) < 4.78 is 46.2. The molecule has 0 aromatic heterocycles. The van der Waals surface area contributed by atoms with Crippen LogP contribution in [0.5, 0.6) is 0 Å². The molecule has 146 valence electrons. The van der Waals surface area contributed by atoms with Crippen molar-refractivity contribution < 1.29 is 17.5 Å². The van der Waals surface area contributed by atoms with Crippen LogP contribution in [0.4, 0.5) is 10.1 Å². The second kappa shape index (κ2) is 7.96. The molecule has 0 saturated carbocycles. The van der Waals surface area contributed by atoms with E-state index in [-0.39, 0.29) is 17.8 Å². The molecule has 2 atom stereocenters. The third-order valence-corrected chi connectivity index (χ3v) is 6.83. The van der Waals surface area contributed by atoms with Gasteiger partial charge in [0.15, 0.2) is 0 Å². The highest BCUT2D eigenvalue weighted by Crippen LogP contribution is 2.31. The van der Waals surface area contributed by atoms with Crippen LogP contribution < -0.4 is 10.5 Å². The number of rotatable bonds is 5. The van der Waals surface area contributed by atoms with Crippen LogP contribution in [-0.4, -0.2) is 32.9 Å². The Bertz CT molecular complexity index is 898. The maximum Gasteiger partial charge on any atom is 0.214 e. The molecule has 0 amide bonds. The summed E-state index contributed by atoms with van der Waals surface area (Å²) in [5.41, 5.74) is 8.94. The van der Waals surface area contributed by atoms with Gasteiger partial charge < -0.3 is 10.5 Å². The van der Waals surface area contributed by atoms with Crippen molar-refractivity contribution >= 4 is 15.7 Å². The molecule has 7 heteroatoms. The van der Waals surface area contributed by atoms with E-state index in [0.717, 1.165) is 16.7 Å². The summed E-state index contributed by atoms with van der Waals surface area (Å²) in [6.07, 6.45) is 0.628. The monoisotopic (exact) mass is 392 g/mol. The number of sulfonamides is 1. The SMILES string of the molecule is CC(C)S(=O)(=O)N[C@H]1CCOC[C@@H]1c1ccc(-c2ccc(F)cc2N)cc1. The molecule has 0 spiro atoms. The van der Waals surface area contributed by atoms with Gasteiger partial charge in [-0.25, -0.2) is 17.5 Å². The average molecular weight is 392 g/mol. The van der Waals surface area contributed by atoms with E-state index in [9.17, 15) is 12.8 Å². The molecule has 0 bridgehead atoms. The van der Waals surface area contributed by atoms with Crippen LogP contribution in [0, 0.1) is 5.82 Å². The average Bonchev–Trinajstić information content (AvgIpc) is 2.62. The van der Waals surface area contributed by atoms with Gasteiger partial charge in [0, 0.05) is 29.8 Å². The summed E-state index contributed by atoms with van der Waals surface area (Å²) in [5, 5.41) is -0.482. The number of hydrogen-bond acceptors (Lipinski definition) is 4. The Morgan fingerprint density at radius 2 is 1.89 bits per heavy atom. The Kier molecular flexibility index (Phi) is 5.83. The molecule has 3 rings (SSSR count). The molecule has 2 aromatic carbocycles. The molecule has 1 aliphatic heterocycles. The number of nitrogens with two attached hydrogens (primary N) is 1. The van der Waals surface area contributed by atoms with Crippen molar-refractivity contribution in [2.45, 2.75) is 37.5 Å². The Morgan fingerprint density at radius 1 is 1.19 bits per heavy atom. The third-order valence-electron chi connectivity index (χ3n) is 4.96. The van der Waals surface area contributed by atoms with Gasteiger partial charge >= 0.3 is 0 Å². The Balaban J connectivity index is 1.84. The molecule has 5 nitrogen and oxygen atoms in total. The number of halogens is 1. The standard InChI is InChI=1S/C20H25FN2O3S/c1-13(2)27(24,25)23-20-9-10-26-12-18(20)15-5-3-14(4-6-15)17-8-7-16(21)11-19(17)22/h3-8,11,13,18,20,23H,9-10,12,22H2,1-2H3/t18-,20+/m1/s1. The second-order valence-corrected chi connectivity index (χ2v) is 9.41. The van der Waals surface area contributed by atoms with Gasteiger partial charge in [0.05, 0.1) is 11.9 Å². The zero-order chi connectivity index (χ0) is 19.6. The van der Waals surface area contributed by atoms with Crippen LogP contribution in [0.1, 0.15) is 31.7 Å². The smallest absolute Gasteiger partial charge is 0.214 e. The second-order valence-electron chi connectivity index (χ2n) is 7.14. The predicted molar refractivity (Wildman–Crippen MR) is 105 cm³/mol. The lowest BCUT2D eigenvalue weighted by Gasteiger charge is -2.33. The van der Waals surface area contributed by atoms with Gasteiger partial charge in [0.1, 0.15) is 5.82 Å². The Hall–Kier alpha value is -1.96. The minimum absolute atomic E-state index is 0.0631. The molecule has 0 radical (unpaired) electrons. The van der Waals surface area contributed by atoms with E-state index >= 15 is 0 Å². The highest BCUT2D eigenvalue weighted by molar-refractivity contribution is 7.90. The highest BCUT2D eigenvalue weighted by atomic mass is 32.2. The minimum atomic E-state index is -3.36. The minimum Gasteiger partial charge on any atom is -0.398 e. The molecular formula is C20H25FN2O3S. The van der Waals surface area contributed by atoms with Crippen molar-refractivity contribution in [2.75, 3.05) is 18.9 Å². The van der Waals surface area contributed by atoms with Gasteiger partial charge in [-0.3, -0.25) is 0 Å². The molecule has 3 N–H and O–H groups in total. The van der Waals surface area contributed by atoms with Crippen molar-refractivity contribution in [1.29, 1.82) is 0 Å². The number of ether oxygens (including phenoxy) is 1. The number of benzene rings is 2. The van der Waals surface area contributed by atoms with Crippen LogP contribution in [0.15, 0.2) is 42.5 Å². The van der Waals surface area contributed by atoms with Gasteiger partial charge in [-0.15, -0.1) is 0 Å². The third kappa shape index (κ3) is 4.48. The van der Waals surface area contributed by atoms with Crippen LogP contribution in [0.3, 0.4) is 0 Å². The molecule has 2 aromatic rings. The fraction of sp³-hybridized carbons (Fsp3) is 0.400. The maximum atomic E-state index is 13.3. The van der Waals surface area contributed by atoms with Gasteiger partial charge in [-0.2, -0.15) is 0 Å². The molecule has 1 aliphatic rings. The molecular weight excluding hydrogens is 367 g/mol. The van der Waals surface area contributed by atoms with Gasteiger partial charge in [0.2, 0.25) is 10.0 Å². The Labute approximate surface area is 159 Å². The van der Waals surface area contributed by atoms with Crippen LogP contribution in [0.2, 0.25) is 0 Å². The predicted octanol–water partition coefficient (Wildman–Crippen LogP) is 3.28. The summed E-state index contributed by atoms with van der Waals surface area (Å²) in [6.45, 7) is 4.33. The lowest BCUT2D eigenvalue weighted by molar-refractivity contribution is 0.0653. The number of nitrogens with one attached hydrogen (secondary N) is 1. The topological polar surface area (TPSA) is 81.4 Å². The van der Waals surface area contributed by atoms with Crippen molar-refractivity contribution in [3.8, 4) is 11.1 Å². The number of anilines is 1. The molecule has 1 heterocycles. The molecule has 0 unspecified atom stereocenters. The zero-order valence-electron chi connectivity index (χ0n) is 15.5. The van der Waals surface area contributed by atoms with Gasteiger partial charge in [0.25, 0.3) is 0 Å².